The fourth-order valence-electron chi connectivity index (χ4n) is 1.46. The second kappa shape index (κ2) is 3.54. The second-order valence-corrected chi connectivity index (χ2v) is 2.94. The van der Waals surface area contributed by atoms with Crippen LogP contribution in [0.5, 0.6) is 11.5 Å². The minimum Gasteiger partial charge on any atom is -0.497 e. The minimum atomic E-state index is 0.181. The van der Waals surface area contributed by atoms with Gasteiger partial charge in [0.15, 0.2) is 5.75 Å². The van der Waals surface area contributed by atoms with Gasteiger partial charge in [0.1, 0.15) is 17.4 Å². The van der Waals surface area contributed by atoms with Gasteiger partial charge in [-0.15, -0.1) is 0 Å². The van der Waals surface area contributed by atoms with E-state index in [1.54, 1.807) is 25.3 Å². The summed E-state index contributed by atoms with van der Waals surface area (Å²) < 4.78 is 15.5. The van der Waals surface area contributed by atoms with Crippen LogP contribution in [0, 0.1) is 11.3 Å². The molecule has 1 aromatic heterocycles. The quantitative estimate of drug-likeness (QED) is 0.751. The Balaban J connectivity index is 2.72. The third-order valence-electron chi connectivity index (χ3n) is 2.16. The summed E-state index contributed by atoms with van der Waals surface area (Å²) >= 11 is 0. The average Bonchev–Trinajstić information content (AvgIpc) is 2.65. The third kappa shape index (κ3) is 1.38. The molecule has 4 heteroatoms. The summed E-state index contributed by atoms with van der Waals surface area (Å²) in [6.07, 6.45) is 0. The van der Waals surface area contributed by atoms with Crippen LogP contribution in [-0.2, 0) is 0 Å². The lowest BCUT2D eigenvalue weighted by Gasteiger charge is -1.98. The maximum absolute atomic E-state index is 8.82. The van der Waals surface area contributed by atoms with Gasteiger partial charge in [0, 0.05) is 6.07 Å². The predicted molar refractivity (Wildman–Crippen MR) is 54.0 cm³/mol. The number of nitriles is 1. The van der Waals surface area contributed by atoms with Crippen LogP contribution in [0.3, 0.4) is 0 Å². The fraction of sp³-hybridized carbons (Fsp3) is 0.182. The first-order valence-electron chi connectivity index (χ1n) is 4.34. The summed E-state index contributed by atoms with van der Waals surface area (Å²) in [5.74, 6) is 1.33. The van der Waals surface area contributed by atoms with Gasteiger partial charge in [-0.1, -0.05) is 0 Å². The molecular formula is C11H9NO3. The molecule has 0 saturated heterocycles. The van der Waals surface area contributed by atoms with Gasteiger partial charge in [0.25, 0.3) is 0 Å². The SMILES string of the molecule is COc1ccc2c(OC)c(C#N)oc2c1. The molecule has 4 nitrogen and oxygen atoms in total. The Hall–Kier alpha value is -2.15. The van der Waals surface area contributed by atoms with Crippen molar-refractivity contribution in [3.63, 3.8) is 0 Å². The molecule has 76 valence electrons. The third-order valence-corrected chi connectivity index (χ3v) is 2.16. The zero-order valence-corrected chi connectivity index (χ0v) is 8.40. The van der Waals surface area contributed by atoms with Gasteiger partial charge in [0.2, 0.25) is 5.76 Å². The number of fused-ring (bicyclic) bond motifs is 1. The molecule has 0 aliphatic heterocycles. The Bertz CT molecular complexity index is 536. The highest BCUT2D eigenvalue weighted by Gasteiger charge is 2.14. The van der Waals surface area contributed by atoms with Gasteiger partial charge in [-0.05, 0) is 12.1 Å². The van der Waals surface area contributed by atoms with Crippen molar-refractivity contribution in [1.82, 2.24) is 0 Å². The highest BCUT2D eigenvalue weighted by molar-refractivity contribution is 5.87. The van der Waals surface area contributed by atoms with Crippen molar-refractivity contribution in [3.05, 3.63) is 24.0 Å². The van der Waals surface area contributed by atoms with Gasteiger partial charge in [-0.25, -0.2) is 0 Å². The molecule has 0 atom stereocenters. The molecule has 0 fully saturated rings. The zero-order chi connectivity index (χ0) is 10.8. The molecule has 1 aromatic carbocycles. The van der Waals surface area contributed by atoms with E-state index < -0.39 is 0 Å². The van der Waals surface area contributed by atoms with Gasteiger partial charge in [-0.3, -0.25) is 0 Å². The highest BCUT2D eigenvalue weighted by Crippen LogP contribution is 2.34. The van der Waals surface area contributed by atoms with Crippen LogP contribution >= 0.6 is 0 Å². The molecule has 0 spiro atoms. The number of hydrogen-bond donors (Lipinski definition) is 0. The topological polar surface area (TPSA) is 55.4 Å². The summed E-state index contributed by atoms with van der Waals surface area (Å²) in [6, 6.07) is 7.26. The lowest BCUT2D eigenvalue weighted by atomic mass is 10.2. The van der Waals surface area contributed by atoms with Gasteiger partial charge < -0.3 is 13.9 Å². The number of furan rings is 1. The van der Waals surface area contributed by atoms with E-state index in [0.29, 0.717) is 17.1 Å². The van der Waals surface area contributed by atoms with E-state index in [1.807, 2.05) is 6.07 Å². The van der Waals surface area contributed by atoms with Crippen LogP contribution in [0.1, 0.15) is 5.76 Å². The number of rotatable bonds is 2. The molecule has 0 N–H and O–H groups in total. The maximum Gasteiger partial charge on any atom is 0.246 e. The first-order valence-corrected chi connectivity index (χ1v) is 4.34. The van der Waals surface area contributed by atoms with E-state index in [2.05, 4.69) is 0 Å². The lowest BCUT2D eigenvalue weighted by molar-refractivity contribution is 0.406. The van der Waals surface area contributed by atoms with E-state index in [4.69, 9.17) is 19.2 Å². The van der Waals surface area contributed by atoms with Gasteiger partial charge in [0.05, 0.1) is 19.6 Å². The molecule has 1 heterocycles. The molecule has 15 heavy (non-hydrogen) atoms. The molecule has 2 rings (SSSR count). The maximum atomic E-state index is 8.82. The molecular weight excluding hydrogens is 194 g/mol. The summed E-state index contributed by atoms with van der Waals surface area (Å²) in [7, 11) is 3.09. The first-order chi connectivity index (χ1) is 7.30. The average molecular weight is 203 g/mol. The Morgan fingerprint density at radius 2 is 2.07 bits per heavy atom. The van der Waals surface area contributed by atoms with Gasteiger partial charge in [-0.2, -0.15) is 5.26 Å². The Kier molecular flexibility index (Phi) is 2.22. The molecule has 0 bridgehead atoms. The molecule has 0 aliphatic rings. The molecule has 0 radical (unpaired) electrons. The van der Waals surface area contributed by atoms with E-state index in [0.717, 1.165) is 5.39 Å². The number of benzene rings is 1. The van der Waals surface area contributed by atoms with Crippen LogP contribution in [0.2, 0.25) is 0 Å². The first kappa shape index (κ1) is 9.41. The van der Waals surface area contributed by atoms with Gasteiger partial charge >= 0.3 is 0 Å². The summed E-state index contributed by atoms with van der Waals surface area (Å²) in [5.41, 5.74) is 0.586. The van der Waals surface area contributed by atoms with Crippen molar-refractivity contribution in [2.75, 3.05) is 14.2 Å². The number of methoxy groups -OCH3 is 2. The predicted octanol–water partition coefficient (Wildman–Crippen LogP) is 2.32. The van der Waals surface area contributed by atoms with Crippen molar-refractivity contribution in [2.24, 2.45) is 0 Å². The van der Waals surface area contributed by atoms with Crippen molar-refractivity contribution in [1.29, 1.82) is 5.26 Å². The van der Waals surface area contributed by atoms with Crippen molar-refractivity contribution in [3.8, 4) is 17.6 Å². The summed E-state index contributed by atoms with van der Waals surface area (Å²) in [6.45, 7) is 0. The Labute approximate surface area is 86.6 Å². The van der Waals surface area contributed by atoms with Crippen LogP contribution in [-0.4, -0.2) is 14.2 Å². The van der Waals surface area contributed by atoms with Crippen LogP contribution < -0.4 is 9.47 Å². The molecule has 0 unspecified atom stereocenters. The van der Waals surface area contributed by atoms with Crippen molar-refractivity contribution in [2.45, 2.75) is 0 Å². The Morgan fingerprint density at radius 3 is 2.67 bits per heavy atom. The van der Waals surface area contributed by atoms with Crippen LogP contribution in [0.4, 0.5) is 0 Å². The Morgan fingerprint density at radius 1 is 1.27 bits per heavy atom. The molecule has 0 aliphatic carbocycles. The standard InChI is InChI=1S/C11H9NO3/c1-13-7-3-4-8-9(5-7)15-10(6-12)11(8)14-2/h3-5H,1-2H3. The van der Waals surface area contributed by atoms with Crippen molar-refractivity contribution < 1.29 is 13.9 Å². The van der Waals surface area contributed by atoms with E-state index in [9.17, 15) is 0 Å². The molecule has 2 aromatic rings. The number of ether oxygens (including phenoxy) is 2. The number of nitrogens with zero attached hydrogens (tertiary/aromatic N) is 1. The van der Waals surface area contributed by atoms with Crippen LogP contribution in [0.25, 0.3) is 11.0 Å². The van der Waals surface area contributed by atoms with Crippen molar-refractivity contribution >= 4 is 11.0 Å². The highest BCUT2D eigenvalue weighted by atomic mass is 16.5. The zero-order valence-electron chi connectivity index (χ0n) is 8.40. The monoisotopic (exact) mass is 203 g/mol. The minimum absolute atomic E-state index is 0.181. The summed E-state index contributed by atoms with van der Waals surface area (Å²) in [5, 5.41) is 9.60. The largest absolute Gasteiger partial charge is 0.497 e. The number of hydrogen-bond acceptors (Lipinski definition) is 4. The van der Waals surface area contributed by atoms with E-state index >= 15 is 0 Å². The lowest BCUT2D eigenvalue weighted by Crippen LogP contribution is -1.83. The summed E-state index contributed by atoms with van der Waals surface area (Å²) in [4.78, 5) is 0. The van der Waals surface area contributed by atoms with E-state index in [1.165, 1.54) is 7.11 Å². The molecule has 0 saturated carbocycles. The van der Waals surface area contributed by atoms with Crippen LogP contribution in [0.15, 0.2) is 22.6 Å². The normalized spacial score (nSPS) is 9.93. The molecule has 0 amide bonds. The second-order valence-electron chi connectivity index (χ2n) is 2.94. The fourth-order valence-corrected chi connectivity index (χ4v) is 1.46. The van der Waals surface area contributed by atoms with E-state index in [-0.39, 0.29) is 5.76 Å². The smallest absolute Gasteiger partial charge is 0.246 e.